The molecule has 1 rings (SSSR count). The van der Waals surface area contributed by atoms with E-state index in [1.54, 1.807) is 0 Å². The van der Waals surface area contributed by atoms with E-state index in [2.05, 4.69) is 32.2 Å². The third-order valence-electron chi connectivity index (χ3n) is 3.18. The van der Waals surface area contributed by atoms with E-state index in [1.165, 1.54) is 59.1 Å². The van der Waals surface area contributed by atoms with Crippen molar-refractivity contribution in [2.45, 2.75) is 63.4 Å². The van der Waals surface area contributed by atoms with Gasteiger partial charge in [0.05, 0.1) is 0 Å². The van der Waals surface area contributed by atoms with Gasteiger partial charge in [0.15, 0.2) is 0 Å². The summed E-state index contributed by atoms with van der Waals surface area (Å²) in [6, 6.07) is 0.433. The van der Waals surface area contributed by atoms with Crippen LogP contribution in [0.1, 0.15) is 52.9 Å². The van der Waals surface area contributed by atoms with Gasteiger partial charge in [0.25, 0.3) is 0 Å². The Morgan fingerprint density at radius 2 is 1.61 bits per heavy atom. The van der Waals surface area contributed by atoms with Crippen LogP contribution in [0.5, 0.6) is 0 Å². The molecular weight excluding hydrogens is 365 g/mol. The van der Waals surface area contributed by atoms with Crippen molar-refractivity contribution in [3.05, 3.63) is 0 Å². The molecule has 1 aliphatic carbocycles. The molecule has 0 aliphatic heterocycles. The van der Waals surface area contributed by atoms with Crippen LogP contribution >= 0.6 is 0 Å². The summed E-state index contributed by atoms with van der Waals surface area (Å²) in [5, 5.41) is 0. The molecule has 1 aliphatic rings. The van der Waals surface area contributed by atoms with Crippen LogP contribution < -0.4 is 5.73 Å². The molecule has 0 aromatic carbocycles. The third kappa shape index (κ3) is 12.5. The minimum absolute atomic E-state index is 0.433. The average molecular weight is 396 g/mol. The van der Waals surface area contributed by atoms with Gasteiger partial charge in [0, 0.05) is 0 Å². The molecule has 0 spiro atoms. The van der Waals surface area contributed by atoms with Crippen LogP contribution in [-0.4, -0.2) is 40.1 Å². The molecule has 18 heavy (non-hydrogen) atoms. The Bertz CT molecular complexity index is 153. The van der Waals surface area contributed by atoms with Gasteiger partial charge in [-0.25, -0.2) is 0 Å². The Hall–Kier alpha value is 1.46. The largest absolute Gasteiger partial charge is 0.793 e. The molecule has 3 unspecified atom stereocenters. The van der Waals surface area contributed by atoms with Gasteiger partial charge in [-0.15, -0.1) is 0 Å². The first-order chi connectivity index (χ1) is 8.58. The molecule has 0 saturated heterocycles. The van der Waals surface area contributed by atoms with Crippen molar-refractivity contribution in [2.75, 3.05) is 11.5 Å². The summed E-state index contributed by atoms with van der Waals surface area (Å²) in [5.74, 6) is 3.47. The van der Waals surface area contributed by atoms with Crippen molar-refractivity contribution >= 4 is 47.8 Å². The molecule has 2 N–H and O–H groups in total. The zero-order valence-electron chi connectivity index (χ0n) is 12.4. The SMILES string of the molecule is CC(N)C1CCCCC1C[CH2][SnH+2].CC[S-].CC[S-]. The van der Waals surface area contributed by atoms with Crippen LogP contribution in [0.15, 0.2) is 0 Å². The van der Waals surface area contributed by atoms with Crippen molar-refractivity contribution < 1.29 is 0 Å². The standard InChI is InChI=1S/C10H20N.2C2H6S.Sn.H/c1-3-9-6-4-5-7-10(9)8(2)11;2*1-2-3;;/h8-10H,1,3-7,11H2,2H3;2*3H,2H2,1H3;;/q;;;+2;/p-2. The summed E-state index contributed by atoms with van der Waals surface area (Å²) >= 11 is 10.2. The van der Waals surface area contributed by atoms with Crippen molar-refractivity contribution in [1.82, 2.24) is 0 Å². The van der Waals surface area contributed by atoms with Gasteiger partial charge in [-0.05, 0) is 0 Å². The second-order valence-corrected chi connectivity index (χ2v) is 7.52. The van der Waals surface area contributed by atoms with E-state index in [0.29, 0.717) is 6.04 Å². The van der Waals surface area contributed by atoms with Crippen LogP contribution in [0, 0.1) is 11.8 Å². The smallest absolute Gasteiger partial charge is 0.0874 e. The van der Waals surface area contributed by atoms with Crippen LogP contribution in [-0.2, 0) is 25.3 Å². The maximum absolute atomic E-state index is 6.00. The fraction of sp³-hybridized carbons (Fsp3) is 1.00. The summed E-state index contributed by atoms with van der Waals surface area (Å²) in [5.41, 5.74) is 6.00. The summed E-state index contributed by atoms with van der Waals surface area (Å²) in [4.78, 5) is 0. The molecule has 4 heteroatoms. The van der Waals surface area contributed by atoms with Gasteiger partial charge < -0.3 is 25.3 Å². The zero-order valence-corrected chi connectivity index (χ0v) is 17.3. The van der Waals surface area contributed by atoms with Crippen molar-refractivity contribution in [1.29, 1.82) is 0 Å². The average Bonchev–Trinajstić information content (AvgIpc) is 2.32. The second-order valence-electron chi connectivity index (χ2n) is 4.72. The van der Waals surface area contributed by atoms with E-state index in [9.17, 15) is 0 Å². The minimum atomic E-state index is 0.433. The first-order valence-electron chi connectivity index (χ1n) is 7.20. The number of nitrogens with two attached hydrogens (primary N) is 1. The summed E-state index contributed by atoms with van der Waals surface area (Å²) in [7, 11) is 0. The van der Waals surface area contributed by atoms with Gasteiger partial charge in [0.2, 0.25) is 0 Å². The molecule has 0 aromatic heterocycles. The Labute approximate surface area is 139 Å². The molecule has 3 atom stereocenters. The van der Waals surface area contributed by atoms with Gasteiger partial charge in [-0.2, -0.15) is 11.5 Å². The molecule has 1 fully saturated rings. The molecule has 0 heterocycles. The van der Waals surface area contributed by atoms with E-state index in [0.717, 1.165) is 23.3 Å². The number of hydrogen-bond donors (Lipinski definition) is 1. The first kappa shape index (κ1) is 21.8. The maximum Gasteiger partial charge on any atom is -0.0874 e. The van der Waals surface area contributed by atoms with E-state index in [-0.39, 0.29) is 0 Å². The molecule has 0 radical (unpaired) electrons. The summed E-state index contributed by atoms with van der Waals surface area (Å²) < 4.78 is 1.46. The van der Waals surface area contributed by atoms with Crippen molar-refractivity contribution in [2.24, 2.45) is 17.6 Å². The fourth-order valence-corrected chi connectivity index (χ4v) is 3.72. The molecule has 1 saturated carbocycles. The minimum Gasteiger partial charge on any atom is -0.793 e. The van der Waals surface area contributed by atoms with E-state index >= 15 is 0 Å². The van der Waals surface area contributed by atoms with Gasteiger partial charge >= 0.3 is 89.6 Å². The second kappa shape index (κ2) is 16.5. The molecule has 0 bridgehead atoms. The number of hydrogen-bond acceptors (Lipinski definition) is 3. The topological polar surface area (TPSA) is 26.0 Å². The van der Waals surface area contributed by atoms with Gasteiger partial charge in [-0.3, -0.25) is 0 Å². The quantitative estimate of drug-likeness (QED) is 0.587. The van der Waals surface area contributed by atoms with Crippen molar-refractivity contribution in [3.63, 3.8) is 0 Å². The van der Waals surface area contributed by atoms with Gasteiger partial charge in [0.1, 0.15) is 0 Å². The molecule has 0 amide bonds. The number of rotatable bonds is 3. The maximum atomic E-state index is 6.00. The van der Waals surface area contributed by atoms with E-state index in [1.807, 2.05) is 13.8 Å². The zero-order chi connectivity index (χ0) is 14.4. The fourth-order valence-electron chi connectivity index (χ4n) is 2.50. The van der Waals surface area contributed by atoms with E-state index in [4.69, 9.17) is 5.73 Å². The van der Waals surface area contributed by atoms with Crippen LogP contribution in [0.3, 0.4) is 0 Å². The Balaban J connectivity index is 0. The predicted octanol–water partition coefficient (Wildman–Crippen LogP) is 2.96. The van der Waals surface area contributed by atoms with E-state index < -0.39 is 0 Å². The molecule has 1 nitrogen and oxygen atoms in total. The van der Waals surface area contributed by atoms with Crippen LogP contribution in [0.4, 0.5) is 0 Å². The third-order valence-corrected chi connectivity index (χ3v) is 4.13. The summed E-state index contributed by atoms with van der Waals surface area (Å²) in [6.07, 6.45) is 7.17. The first-order valence-corrected chi connectivity index (χ1v) is 10.7. The normalized spacial score (nSPS) is 24.1. The Morgan fingerprint density at radius 1 is 1.17 bits per heavy atom. The Kier molecular flexibility index (Phi) is 20.0. The predicted molar refractivity (Wildman–Crippen MR) is 91.5 cm³/mol. The van der Waals surface area contributed by atoms with Crippen LogP contribution in [0.2, 0.25) is 4.44 Å². The monoisotopic (exact) mass is 397 g/mol. The Morgan fingerprint density at radius 3 is 2.00 bits per heavy atom. The molecule has 0 aromatic rings. The molecule has 108 valence electrons. The summed E-state index contributed by atoms with van der Waals surface area (Å²) in [6.45, 7) is 6.07. The van der Waals surface area contributed by atoms with Gasteiger partial charge in [-0.1, -0.05) is 13.8 Å². The molecular formula is C14H31NS2Sn. The van der Waals surface area contributed by atoms with Crippen LogP contribution in [0.25, 0.3) is 0 Å². The van der Waals surface area contributed by atoms with Crippen molar-refractivity contribution in [3.8, 4) is 0 Å².